The van der Waals surface area contributed by atoms with Crippen molar-refractivity contribution in [3.05, 3.63) is 0 Å². The zero-order chi connectivity index (χ0) is 8.86. The predicted octanol–water partition coefficient (Wildman–Crippen LogP) is 3.49. The van der Waals surface area contributed by atoms with Crippen LogP contribution in [0, 0.1) is 0 Å². The Kier molecular flexibility index (Phi) is 3.06. The molecule has 0 amide bonds. The average molecular weight is 279 g/mol. The van der Waals surface area contributed by atoms with E-state index in [-0.39, 0.29) is 0 Å². The molecule has 0 spiro atoms. The van der Waals surface area contributed by atoms with E-state index < -0.39 is 19.8 Å². The summed E-state index contributed by atoms with van der Waals surface area (Å²) in [7, 11) is 0. The number of halogens is 6. The van der Waals surface area contributed by atoms with Crippen LogP contribution in [0.1, 0.15) is 0 Å². The van der Waals surface area contributed by atoms with E-state index in [1.165, 1.54) is 0 Å². The van der Waals surface area contributed by atoms with Crippen molar-refractivity contribution in [2.24, 2.45) is 0 Å². The number of ether oxygens (including phenoxy) is 1. The predicted molar refractivity (Wildman–Crippen MR) is 49.2 cm³/mol. The third kappa shape index (κ3) is 2.84. The average Bonchev–Trinajstić information content (AvgIpc) is 2.30. The highest BCUT2D eigenvalue weighted by Crippen LogP contribution is 2.52. The van der Waals surface area contributed by atoms with Crippen molar-refractivity contribution in [2.75, 3.05) is 0 Å². The Morgan fingerprint density at radius 1 is 0.727 bits per heavy atom. The molecule has 1 saturated heterocycles. The van der Waals surface area contributed by atoms with Gasteiger partial charge in [0.2, 0.25) is 7.59 Å². The van der Waals surface area contributed by atoms with Gasteiger partial charge in [0.1, 0.15) is 12.2 Å². The van der Waals surface area contributed by atoms with Gasteiger partial charge in [0, 0.05) is 0 Å². The minimum Gasteiger partial charge on any atom is -0.360 e. The van der Waals surface area contributed by atoms with E-state index in [4.69, 9.17) is 74.3 Å². The second kappa shape index (κ2) is 3.13. The Hall–Kier alpha value is 1.70. The molecule has 2 atom stereocenters. The topological polar surface area (TPSA) is 12.5 Å². The largest absolute Gasteiger partial charge is 0.360 e. The molecule has 2 unspecified atom stereocenters. The lowest BCUT2D eigenvalue weighted by Crippen LogP contribution is -2.22. The van der Waals surface area contributed by atoms with Gasteiger partial charge in [-0.1, -0.05) is 69.6 Å². The summed E-state index contributed by atoms with van der Waals surface area (Å²) in [5, 5.41) is 0. The molecule has 0 N–H and O–H groups in total. The first-order valence-corrected chi connectivity index (χ1v) is 4.78. The summed E-state index contributed by atoms with van der Waals surface area (Å²) in [6.45, 7) is 0. The van der Waals surface area contributed by atoms with Crippen LogP contribution in [-0.4, -0.2) is 19.8 Å². The van der Waals surface area contributed by atoms with Gasteiger partial charge in [0.15, 0.2) is 0 Å². The van der Waals surface area contributed by atoms with Crippen LogP contribution < -0.4 is 0 Å². The van der Waals surface area contributed by atoms with Gasteiger partial charge in [0.05, 0.1) is 0 Å². The second-order valence-corrected chi connectivity index (χ2v) is 6.80. The highest BCUT2D eigenvalue weighted by Gasteiger charge is 2.61. The molecule has 1 aliphatic rings. The van der Waals surface area contributed by atoms with E-state index in [2.05, 4.69) is 0 Å². The lowest BCUT2D eigenvalue weighted by atomic mass is 10.4. The van der Waals surface area contributed by atoms with E-state index in [1.54, 1.807) is 0 Å². The van der Waals surface area contributed by atoms with Gasteiger partial charge in [-0.05, 0) is 0 Å². The quantitative estimate of drug-likeness (QED) is 0.488. The smallest absolute Gasteiger partial charge is 0.219 e. The maximum atomic E-state index is 5.46. The van der Waals surface area contributed by atoms with Crippen LogP contribution in [0.5, 0.6) is 0 Å². The fraction of sp³-hybridized carbons (Fsp3) is 1.00. The molecule has 0 bridgehead atoms. The van der Waals surface area contributed by atoms with Crippen molar-refractivity contribution in [3.63, 3.8) is 0 Å². The number of epoxide rings is 1. The summed E-state index contributed by atoms with van der Waals surface area (Å²) < 4.78 is 1.82. The summed E-state index contributed by atoms with van der Waals surface area (Å²) in [6, 6.07) is 0. The summed E-state index contributed by atoms with van der Waals surface area (Å²) in [6.07, 6.45) is -1.25. The van der Waals surface area contributed by atoms with Crippen LogP contribution in [0.2, 0.25) is 0 Å². The Balaban J connectivity index is 2.51. The zero-order valence-electron chi connectivity index (χ0n) is 4.83. The maximum Gasteiger partial charge on any atom is 0.219 e. The molecular formula is C4H2Cl6O. The number of hydrogen-bond acceptors (Lipinski definition) is 1. The lowest BCUT2D eigenvalue weighted by molar-refractivity contribution is 0.373. The number of rotatable bonds is 0. The molecule has 1 heterocycles. The molecule has 0 aromatic carbocycles. The van der Waals surface area contributed by atoms with Gasteiger partial charge in [-0.3, -0.25) is 0 Å². The van der Waals surface area contributed by atoms with Gasteiger partial charge in [-0.2, -0.15) is 0 Å². The van der Waals surface area contributed by atoms with Crippen LogP contribution >= 0.6 is 69.6 Å². The molecule has 1 fully saturated rings. The fourth-order valence-electron chi connectivity index (χ4n) is 0.610. The van der Waals surface area contributed by atoms with E-state index in [0.717, 1.165) is 0 Å². The summed E-state index contributed by atoms with van der Waals surface area (Å²) >= 11 is 32.8. The molecule has 66 valence electrons. The van der Waals surface area contributed by atoms with E-state index >= 15 is 0 Å². The summed E-state index contributed by atoms with van der Waals surface area (Å²) in [5.74, 6) is 0. The SMILES string of the molecule is ClC(Cl)(Cl)C1OC1C(Cl)(Cl)Cl. The van der Waals surface area contributed by atoms with Crippen LogP contribution in [0.25, 0.3) is 0 Å². The first kappa shape index (κ1) is 10.8. The minimum atomic E-state index is -1.52. The van der Waals surface area contributed by atoms with Crippen LogP contribution in [0.4, 0.5) is 0 Å². The van der Waals surface area contributed by atoms with Crippen LogP contribution in [0.3, 0.4) is 0 Å². The molecule has 1 rings (SSSR count). The molecule has 0 saturated carbocycles. The molecule has 0 aromatic rings. The summed E-state index contributed by atoms with van der Waals surface area (Å²) in [5.41, 5.74) is 0. The van der Waals surface area contributed by atoms with Gasteiger partial charge in [-0.25, -0.2) is 0 Å². The molecule has 1 aliphatic heterocycles. The Bertz CT molecular complexity index is 139. The van der Waals surface area contributed by atoms with Crippen molar-refractivity contribution in [3.8, 4) is 0 Å². The van der Waals surface area contributed by atoms with Crippen molar-refractivity contribution in [2.45, 2.75) is 19.8 Å². The standard InChI is InChI=1S/C4H2Cl6O/c5-3(6,7)1-2(11-1)4(8,9)10/h1-2H. The first-order valence-electron chi connectivity index (χ1n) is 2.52. The molecule has 0 aliphatic carbocycles. The molecule has 7 heteroatoms. The van der Waals surface area contributed by atoms with Gasteiger partial charge < -0.3 is 4.74 Å². The first-order chi connectivity index (χ1) is 4.73. The van der Waals surface area contributed by atoms with Crippen molar-refractivity contribution in [1.82, 2.24) is 0 Å². The maximum absolute atomic E-state index is 5.46. The zero-order valence-corrected chi connectivity index (χ0v) is 9.37. The molecule has 0 radical (unpaired) electrons. The minimum absolute atomic E-state index is 0.625. The third-order valence-corrected chi connectivity index (χ3v) is 2.43. The molecule has 1 nitrogen and oxygen atoms in total. The molecule has 11 heavy (non-hydrogen) atoms. The van der Waals surface area contributed by atoms with E-state index in [1.807, 2.05) is 0 Å². The molecule has 0 aromatic heterocycles. The van der Waals surface area contributed by atoms with Gasteiger partial charge in [0.25, 0.3) is 0 Å². The van der Waals surface area contributed by atoms with E-state index in [0.29, 0.717) is 0 Å². The third-order valence-electron chi connectivity index (χ3n) is 1.14. The number of alkyl halides is 6. The second-order valence-electron chi connectivity index (χ2n) is 2.06. The van der Waals surface area contributed by atoms with Gasteiger partial charge in [-0.15, -0.1) is 0 Å². The normalized spacial score (nSPS) is 32.2. The van der Waals surface area contributed by atoms with Crippen molar-refractivity contribution < 1.29 is 4.74 Å². The highest BCUT2D eigenvalue weighted by atomic mass is 35.6. The van der Waals surface area contributed by atoms with Crippen molar-refractivity contribution in [1.29, 1.82) is 0 Å². The highest BCUT2D eigenvalue weighted by molar-refractivity contribution is 6.70. The monoisotopic (exact) mass is 276 g/mol. The molecular weight excluding hydrogens is 277 g/mol. The van der Waals surface area contributed by atoms with E-state index in [9.17, 15) is 0 Å². The Morgan fingerprint density at radius 2 is 1.00 bits per heavy atom. The fourth-order valence-corrected chi connectivity index (χ4v) is 1.61. The summed E-state index contributed by atoms with van der Waals surface area (Å²) in [4.78, 5) is 0. The van der Waals surface area contributed by atoms with Gasteiger partial charge >= 0.3 is 0 Å². The van der Waals surface area contributed by atoms with Crippen LogP contribution in [-0.2, 0) is 4.74 Å². The Morgan fingerprint density at radius 3 is 1.09 bits per heavy atom. The lowest BCUT2D eigenvalue weighted by Gasteiger charge is -2.09. The Labute approximate surface area is 93.8 Å². The number of hydrogen-bond donors (Lipinski definition) is 0. The van der Waals surface area contributed by atoms with Crippen molar-refractivity contribution >= 4 is 69.6 Å². The van der Waals surface area contributed by atoms with Crippen LogP contribution in [0.15, 0.2) is 0 Å².